The number of benzene rings is 2. The lowest BCUT2D eigenvalue weighted by Gasteiger charge is -2.35. The van der Waals surface area contributed by atoms with Gasteiger partial charge in [0.15, 0.2) is 28.8 Å². The highest BCUT2D eigenvalue weighted by molar-refractivity contribution is 5.79. The first-order valence-corrected chi connectivity index (χ1v) is 11.4. The van der Waals surface area contributed by atoms with Crippen LogP contribution in [-0.2, 0) is 11.2 Å². The zero-order valence-corrected chi connectivity index (χ0v) is 20.5. The summed E-state index contributed by atoms with van der Waals surface area (Å²) >= 11 is 0. The first kappa shape index (κ1) is 24.1. The molecule has 184 valence electrons. The van der Waals surface area contributed by atoms with E-state index in [4.69, 9.17) is 18.9 Å². The van der Waals surface area contributed by atoms with Crippen LogP contribution in [0.3, 0.4) is 0 Å². The van der Waals surface area contributed by atoms with Crippen LogP contribution in [0.25, 0.3) is 11.3 Å². The van der Waals surface area contributed by atoms with E-state index in [0.717, 1.165) is 22.6 Å². The molecule has 3 aromatic rings. The fourth-order valence-corrected chi connectivity index (χ4v) is 4.11. The topological polar surface area (TPSA) is 86.3 Å². The molecule has 0 aliphatic carbocycles. The summed E-state index contributed by atoms with van der Waals surface area (Å²) in [5.74, 6) is 3.46. The molecule has 2 aromatic carbocycles. The van der Waals surface area contributed by atoms with Crippen LogP contribution in [-0.4, -0.2) is 75.6 Å². The molecule has 0 radical (unpaired) electrons. The molecule has 1 aliphatic rings. The molecule has 1 amide bonds. The largest absolute Gasteiger partial charge is 0.493 e. The third-order valence-corrected chi connectivity index (χ3v) is 6.09. The van der Waals surface area contributed by atoms with Gasteiger partial charge < -0.3 is 28.7 Å². The maximum Gasteiger partial charge on any atom is 0.227 e. The van der Waals surface area contributed by atoms with Gasteiger partial charge in [0, 0.05) is 31.7 Å². The number of amides is 1. The molecular formula is C26H30N4O5. The molecule has 0 saturated carbocycles. The maximum absolute atomic E-state index is 12.9. The van der Waals surface area contributed by atoms with E-state index in [-0.39, 0.29) is 5.91 Å². The van der Waals surface area contributed by atoms with Gasteiger partial charge in [0.25, 0.3) is 0 Å². The number of aromatic nitrogens is 2. The van der Waals surface area contributed by atoms with Gasteiger partial charge in [-0.2, -0.15) is 0 Å². The zero-order chi connectivity index (χ0) is 24.8. The number of hydrogen-bond acceptors (Lipinski definition) is 8. The Bertz CT molecular complexity index is 1160. The van der Waals surface area contributed by atoms with E-state index in [1.165, 1.54) is 0 Å². The zero-order valence-electron chi connectivity index (χ0n) is 20.5. The molecule has 0 spiro atoms. The Hall–Kier alpha value is -4.01. The van der Waals surface area contributed by atoms with Crippen molar-refractivity contribution >= 4 is 11.7 Å². The van der Waals surface area contributed by atoms with Crippen LogP contribution in [0, 0.1) is 0 Å². The van der Waals surface area contributed by atoms with Gasteiger partial charge in [-0.05, 0) is 48.0 Å². The highest BCUT2D eigenvalue weighted by Gasteiger charge is 2.23. The van der Waals surface area contributed by atoms with E-state index in [1.54, 1.807) is 28.4 Å². The lowest BCUT2D eigenvalue weighted by molar-refractivity contribution is -0.130. The van der Waals surface area contributed by atoms with E-state index < -0.39 is 0 Å². The minimum absolute atomic E-state index is 0.0896. The van der Waals surface area contributed by atoms with Crippen molar-refractivity contribution in [2.24, 2.45) is 0 Å². The minimum atomic E-state index is 0.0896. The van der Waals surface area contributed by atoms with E-state index in [9.17, 15) is 4.79 Å². The summed E-state index contributed by atoms with van der Waals surface area (Å²) in [6.07, 6.45) is 0.320. The van der Waals surface area contributed by atoms with Crippen molar-refractivity contribution in [3.8, 4) is 34.3 Å². The molecule has 1 fully saturated rings. The normalized spacial score (nSPS) is 13.4. The van der Waals surface area contributed by atoms with Gasteiger partial charge in [0.05, 0.1) is 40.6 Å². The summed E-state index contributed by atoms with van der Waals surface area (Å²) in [6.45, 7) is 2.65. The minimum Gasteiger partial charge on any atom is -0.493 e. The van der Waals surface area contributed by atoms with Crippen molar-refractivity contribution in [3.05, 3.63) is 54.1 Å². The standard InChI is InChI=1S/C26H30N4O5/c1-32-21-8-5-18(15-23(21)34-3)16-26(31)30-13-11-29(12-14-30)25-10-7-20(27-28-25)19-6-9-22(33-2)24(17-19)35-4/h5-10,15,17H,11-14,16H2,1-4H3. The molecule has 1 saturated heterocycles. The second-order valence-electron chi connectivity index (χ2n) is 8.08. The first-order chi connectivity index (χ1) is 17.1. The van der Waals surface area contributed by atoms with Gasteiger partial charge in [-0.25, -0.2) is 0 Å². The number of carbonyl (C=O) groups excluding carboxylic acids is 1. The molecule has 1 aromatic heterocycles. The lowest BCUT2D eigenvalue weighted by atomic mass is 10.1. The number of nitrogens with zero attached hydrogens (tertiary/aromatic N) is 4. The van der Waals surface area contributed by atoms with Crippen molar-refractivity contribution in [1.82, 2.24) is 15.1 Å². The molecule has 0 unspecified atom stereocenters. The van der Waals surface area contributed by atoms with Crippen molar-refractivity contribution in [2.45, 2.75) is 6.42 Å². The van der Waals surface area contributed by atoms with Gasteiger partial charge in [0.1, 0.15) is 0 Å². The lowest BCUT2D eigenvalue weighted by Crippen LogP contribution is -2.49. The smallest absolute Gasteiger partial charge is 0.227 e. The highest BCUT2D eigenvalue weighted by atomic mass is 16.5. The molecule has 0 N–H and O–H groups in total. The van der Waals surface area contributed by atoms with Crippen LogP contribution in [0.4, 0.5) is 5.82 Å². The van der Waals surface area contributed by atoms with Crippen LogP contribution >= 0.6 is 0 Å². The van der Waals surface area contributed by atoms with E-state index >= 15 is 0 Å². The second kappa shape index (κ2) is 10.9. The van der Waals surface area contributed by atoms with Crippen LogP contribution in [0.1, 0.15) is 5.56 Å². The Balaban J connectivity index is 1.35. The van der Waals surface area contributed by atoms with Crippen LogP contribution in [0.15, 0.2) is 48.5 Å². The second-order valence-corrected chi connectivity index (χ2v) is 8.08. The van der Waals surface area contributed by atoms with Crippen molar-refractivity contribution in [2.75, 3.05) is 59.5 Å². The van der Waals surface area contributed by atoms with Gasteiger partial charge >= 0.3 is 0 Å². The predicted octanol–water partition coefficient (Wildman–Crippen LogP) is 3.07. The molecule has 1 aliphatic heterocycles. The molecule has 9 nitrogen and oxygen atoms in total. The molecule has 9 heteroatoms. The fourth-order valence-electron chi connectivity index (χ4n) is 4.11. The summed E-state index contributed by atoms with van der Waals surface area (Å²) in [4.78, 5) is 16.9. The quantitative estimate of drug-likeness (QED) is 0.488. The van der Waals surface area contributed by atoms with Crippen molar-refractivity contribution in [1.29, 1.82) is 0 Å². The highest BCUT2D eigenvalue weighted by Crippen LogP contribution is 2.32. The summed E-state index contributed by atoms with van der Waals surface area (Å²) in [5, 5.41) is 8.83. The maximum atomic E-state index is 12.9. The Kier molecular flexibility index (Phi) is 7.54. The van der Waals surface area contributed by atoms with Crippen LogP contribution in [0.5, 0.6) is 23.0 Å². The van der Waals surface area contributed by atoms with Gasteiger partial charge in [0.2, 0.25) is 5.91 Å². The fraction of sp³-hybridized carbons (Fsp3) is 0.346. The Labute approximate surface area is 205 Å². The summed E-state index contributed by atoms with van der Waals surface area (Å²) in [7, 11) is 6.40. The SMILES string of the molecule is COc1ccc(CC(=O)N2CCN(c3ccc(-c4ccc(OC)c(OC)c4)nn3)CC2)cc1OC. The number of rotatable bonds is 8. The summed E-state index contributed by atoms with van der Waals surface area (Å²) in [5.41, 5.74) is 2.54. The average Bonchev–Trinajstić information content (AvgIpc) is 2.92. The molecule has 0 bridgehead atoms. The van der Waals surface area contributed by atoms with Crippen molar-refractivity contribution < 1.29 is 23.7 Å². The predicted molar refractivity (Wildman–Crippen MR) is 133 cm³/mol. The molecule has 2 heterocycles. The van der Waals surface area contributed by atoms with Gasteiger partial charge in [-0.3, -0.25) is 4.79 Å². The Morgan fingerprint density at radius 3 is 1.97 bits per heavy atom. The third kappa shape index (κ3) is 5.40. The molecule has 4 rings (SSSR count). The molecular weight excluding hydrogens is 448 g/mol. The third-order valence-electron chi connectivity index (χ3n) is 6.09. The molecule has 35 heavy (non-hydrogen) atoms. The number of hydrogen-bond donors (Lipinski definition) is 0. The number of carbonyl (C=O) groups is 1. The van der Waals surface area contributed by atoms with Gasteiger partial charge in [-0.1, -0.05) is 6.07 Å². The first-order valence-electron chi connectivity index (χ1n) is 11.4. The Morgan fingerprint density at radius 1 is 0.743 bits per heavy atom. The monoisotopic (exact) mass is 478 g/mol. The number of piperazine rings is 1. The average molecular weight is 479 g/mol. The van der Waals surface area contributed by atoms with Crippen molar-refractivity contribution in [3.63, 3.8) is 0 Å². The summed E-state index contributed by atoms with van der Waals surface area (Å²) in [6, 6.07) is 15.1. The van der Waals surface area contributed by atoms with Gasteiger partial charge in [-0.15, -0.1) is 10.2 Å². The number of ether oxygens (including phenoxy) is 4. The van der Waals surface area contributed by atoms with E-state index in [0.29, 0.717) is 55.6 Å². The number of methoxy groups -OCH3 is 4. The number of anilines is 1. The van der Waals surface area contributed by atoms with Crippen LogP contribution in [0.2, 0.25) is 0 Å². The summed E-state index contributed by atoms with van der Waals surface area (Å²) < 4.78 is 21.3. The Morgan fingerprint density at radius 2 is 1.37 bits per heavy atom. The van der Waals surface area contributed by atoms with E-state index in [2.05, 4.69) is 15.1 Å². The molecule has 0 atom stereocenters. The van der Waals surface area contributed by atoms with E-state index in [1.807, 2.05) is 53.4 Å². The van der Waals surface area contributed by atoms with Crippen LogP contribution < -0.4 is 23.8 Å².